The van der Waals surface area contributed by atoms with Crippen molar-refractivity contribution in [2.45, 2.75) is 51.5 Å². The Balaban J connectivity index is 1.84. The minimum atomic E-state index is -0.579. The predicted molar refractivity (Wildman–Crippen MR) is 87.4 cm³/mol. The Labute approximate surface area is 136 Å². The van der Waals surface area contributed by atoms with E-state index in [1.807, 2.05) is 0 Å². The van der Waals surface area contributed by atoms with Crippen molar-refractivity contribution in [3.63, 3.8) is 0 Å². The first kappa shape index (κ1) is 17.0. The number of nitrogens with one attached hydrogen (secondary N) is 1. The lowest BCUT2D eigenvalue weighted by Gasteiger charge is -2.16. The highest BCUT2D eigenvalue weighted by Gasteiger charge is 2.38. The summed E-state index contributed by atoms with van der Waals surface area (Å²) in [5.74, 6) is -0.832. The second kappa shape index (κ2) is 8.30. The monoisotopic (exact) mass is 322 g/mol. The smallest absolute Gasteiger partial charge is 0.286 e. The van der Waals surface area contributed by atoms with Gasteiger partial charge in [0.25, 0.3) is 0 Å². The van der Waals surface area contributed by atoms with Crippen LogP contribution in [0.5, 0.6) is 0 Å². The van der Waals surface area contributed by atoms with Crippen LogP contribution in [-0.2, 0) is 9.59 Å². The van der Waals surface area contributed by atoms with Crippen LogP contribution in [0.2, 0.25) is 5.02 Å². The van der Waals surface area contributed by atoms with Gasteiger partial charge >= 0.3 is 5.91 Å². The van der Waals surface area contributed by atoms with E-state index in [1.54, 1.807) is 24.3 Å². The zero-order valence-corrected chi connectivity index (χ0v) is 13.7. The maximum Gasteiger partial charge on any atom is 0.306 e. The molecule has 120 valence electrons. The summed E-state index contributed by atoms with van der Waals surface area (Å²) in [6, 6.07) is 6.43. The molecule has 0 aromatic heterocycles. The van der Waals surface area contributed by atoms with E-state index in [0.29, 0.717) is 11.6 Å². The second-order valence-electron chi connectivity index (χ2n) is 5.70. The highest BCUT2D eigenvalue weighted by Crippen LogP contribution is 2.22. The van der Waals surface area contributed by atoms with Crippen molar-refractivity contribution in [1.82, 2.24) is 10.4 Å². The number of hydrogen-bond donors (Lipinski definition) is 1. The van der Waals surface area contributed by atoms with Gasteiger partial charge in [-0.2, -0.15) is 0 Å². The van der Waals surface area contributed by atoms with E-state index in [0.717, 1.165) is 18.4 Å². The average molecular weight is 323 g/mol. The summed E-state index contributed by atoms with van der Waals surface area (Å²) in [6.45, 7) is 2.77. The minimum Gasteiger partial charge on any atom is -0.286 e. The van der Waals surface area contributed by atoms with E-state index >= 15 is 0 Å². The average Bonchev–Trinajstić information content (AvgIpc) is 2.80. The fraction of sp³-hybridized carbons (Fsp3) is 0.529. The van der Waals surface area contributed by atoms with Crippen molar-refractivity contribution in [3.05, 3.63) is 34.9 Å². The molecule has 0 bridgehead atoms. The van der Waals surface area contributed by atoms with Crippen LogP contribution in [0.3, 0.4) is 0 Å². The molecule has 5 heteroatoms. The van der Waals surface area contributed by atoms with E-state index in [9.17, 15) is 9.59 Å². The highest BCUT2D eigenvalue weighted by atomic mass is 35.5. The summed E-state index contributed by atoms with van der Waals surface area (Å²) in [5, 5.41) is 2.07. The van der Waals surface area contributed by atoms with Gasteiger partial charge in [-0.15, -0.1) is 0 Å². The molecule has 2 rings (SSSR count). The fourth-order valence-corrected chi connectivity index (χ4v) is 2.75. The summed E-state index contributed by atoms with van der Waals surface area (Å²) in [4.78, 5) is 24.1. The van der Waals surface area contributed by atoms with Gasteiger partial charge in [0.15, 0.2) is 0 Å². The molecule has 1 amide bonds. The third kappa shape index (κ3) is 4.31. The van der Waals surface area contributed by atoms with Gasteiger partial charge in [-0.05, 0) is 24.1 Å². The largest absolute Gasteiger partial charge is 0.306 e. The number of nitrogens with zero attached hydrogens (tertiary/aromatic N) is 1. The van der Waals surface area contributed by atoms with E-state index in [1.165, 1.54) is 30.7 Å². The predicted octanol–water partition coefficient (Wildman–Crippen LogP) is 3.66. The summed E-state index contributed by atoms with van der Waals surface area (Å²) in [7, 11) is 0. The molecule has 0 aliphatic carbocycles. The SMILES string of the molecule is CCCCCCCCN1NC(c2ccc(Cl)cc2)C(=O)C1=O. The van der Waals surface area contributed by atoms with Crippen LogP contribution < -0.4 is 5.43 Å². The summed E-state index contributed by atoms with van der Waals surface area (Å²) in [5.41, 5.74) is 3.79. The molecule has 0 spiro atoms. The van der Waals surface area contributed by atoms with Crippen molar-refractivity contribution in [3.8, 4) is 0 Å². The first-order chi connectivity index (χ1) is 10.6. The Bertz CT molecular complexity index is 516. The zero-order valence-electron chi connectivity index (χ0n) is 13.0. The summed E-state index contributed by atoms with van der Waals surface area (Å²) < 4.78 is 0. The molecular weight excluding hydrogens is 300 g/mol. The standard InChI is InChI=1S/C17H23ClN2O2/c1-2-3-4-5-6-7-12-20-17(22)16(21)15(19-20)13-8-10-14(18)11-9-13/h8-11,15,19H,2-7,12H2,1H3. The molecule has 1 heterocycles. The maximum atomic E-state index is 12.1. The van der Waals surface area contributed by atoms with Crippen LogP contribution in [0, 0.1) is 0 Å². The number of benzene rings is 1. The number of hydrogen-bond acceptors (Lipinski definition) is 3. The number of carbonyl (C=O) groups excluding carboxylic acids is 2. The Morgan fingerprint density at radius 1 is 1.05 bits per heavy atom. The lowest BCUT2D eigenvalue weighted by Crippen LogP contribution is -2.36. The van der Waals surface area contributed by atoms with Gasteiger partial charge in [0.1, 0.15) is 6.04 Å². The molecule has 1 fully saturated rings. The minimum absolute atomic E-state index is 0.395. The number of rotatable bonds is 8. The number of ketones is 1. The van der Waals surface area contributed by atoms with Gasteiger partial charge < -0.3 is 0 Å². The lowest BCUT2D eigenvalue weighted by molar-refractivity contribution is -0.140. The Morgan fingerprint density at radius 3 is 2.36 bits per heavy atom. The molecule has 1 unspecified atom stereocenters. The molecule has 0 radical (unpaired) electrons. The molecular formula is C17H23ClN2O2. The van der Waals surface area contributed by atoms with Gasteiger partial charge in [0.05, 0.1) is 0 Å². The van der Waals surface area contributed by atoms with E-state index in [2.05, 4.69) is 12.3 Å². The first-order valence-corrected chi connectivity index (χ1v) is 8.38. The van der Waals surface area contributed by atoms with Gasteiger partial charge in [-0.1, -0.05) is 62.8 Å². The molecule has 4 nitrogen and oxygen atoms in total. The van der Waals surface area contributed by atoms with Crippen molar-refractivity contribution < 1.29 is 9.59 Å². The van der Waals surface area contributed by atoms with Crippen molar-refractivity contribution in [2.75, 3.05) is 6.54 Å². The van der Waals surface area contributed by atoms with Gasteiger partial charge in [0, 0.05) is 11.6 Å². The topological polar surface area (TPSA) is 49.4 Å². The van der Waals surface area contributed by atoms with Crippen LogP contribution in [0.25, 0.3) is 0 Å². The van der Waals surface area contributed by atoms with Crippen LogP contribution in [-0.4, -0.2) is 23.2 Å². The van der Waals surface area contributed by atoms with Crippen molar-refractivity contribution in [1.29, 1.82) is 0 Å². The Kier molecular flexibility index (Phi) is 6.40. The number of carbonyl (C=O) groups is 2. The number of hydrazine groups is 1. The van der Waals surface area contributed by atoms with Crippen LogP contribution in [0.15, 0.2) is 24.3 Å². The molecule has 1 atom stereocenters. The van der Waals surface area contributed by atoms with Crippen LogP contribution in [0.1, 0.15) is 57.1 Å². The number of Topliss-reactive ketones (excluding diaryl/α,β-unsaturated/α-hetero) is 1. The Morgan fingerprint density at radius 2 is 1.68 bits per heavy atom. The number of amides is 1. The normalized spacial score (nSPS) is 18.3. The zero-order chi connectivity index (χ0) is 15.9. The molecule has 1 aromatic rings. The number of halogens is 1. The highest BCUT2D eigenvalue weighted by molar-refractivity contribution is 6.39. The lowest BCUT2D eigenvalue weighted by atomic mass is 10.0. The maximum absolute atomic E-state index is 12.1. The van der Waals surface area contributed by atoms with Crippen molar-refractivity contribution >= 4 is 23.3 Å². The first-order valence-electron chi connectivity index (χ1n) is 8.01. The molecule has 1 N–H and O–H groups in total. The van der Waals surface area contributed by atoms with Crippen LogP contribution in [0.4, 0.5) is 0 Å². The van der Waals surface area contributed by atoms with E-state index < -0.39 is 17.7 Å². The van der Waals surface area contributed by atoms with Gasteiger partial charge in [-0.25, -0.2) is 5.43 Å². The van der Waals surface area contributed by atoms with E-state index in [-0.39, 0.29) is 0 Å². The third-order valence-corrected chi connectivity index (χ3v) is 4.19. The van der Waals surface area contributed by atoms with E-state index in [4.69, 9.17) is 11.6 Å². The molecule has 1 saturated heterocycles. The third-order valence-electron chi connectivity index (χ3n) is 3.94. The summed E-state index contributed by atoms with van der Waals surface area (Å²) >= 11 is 5.85. The summed E-state index contributed by atoms with van der Waals surface area (Å²) in [6.07, 6.45) is 6.92. The second-order valence-corrected chi connectivity index (χ2v) is 6.14. The molecule has 0 saturated carbocycles. The number of unbranched alkanes of at least 4 members (excludes halogenated alkanes) is 5. The Hall–Kier alpha value is -1.39. The molecule has 1 aliphatic rings. The molecule has 1 aliphatic heterocycles. The van der Waals surface area contributed by atoms with Gasteiger partial charge in [0.2, 0.25) is 5.78 Å². The quantitative estimate of drug-likeness (QED) is 0.587. The fourth-order valence-electron chi connectivity index (χ4n) is 2.63. The van der Waals surface area contributed by atoms with Crippen LogP contribution >= 0.6 is 11.6 Å². The van der Waals surface area contributed by atoms with Crippen molar-refractivity contribution in [2.24, 2.45) is 0 Å². The molecule has 1 aromatic carbocycles. The van der Waals surface area contributed by atoms with Gasteiger partial charge in [-0.3, -0.25) is 14.6 Å². The molecule has 22 heavy (non-hydrogen) atoms.